The Morgan fingerprint density at radius 3 is 2.43 bits per heavy atom. The number of anilines is 1. The number of alkyl halides is 3. The SMILES string of the molecule is Cc1ccc(CN2C(=O)[C@H](CC(=O)Nc3cccc(C(F)(F)F)c3)SC2=Nc2ccccc2)cc1. The highest BCUT2D eigenvalue weighted by Crippen LogP contribution is 2.34. The molecule has 9 heteroatoms. The molecule has 1 saturated heterocycles. The number of amidine groups is 1. The van der Waals surface area contributed by atoms with Gasteiger partial charge in [0.15, 0.2) is 5.17 Å². The van der Waals surface area contributed by atoms with E-state index in [4.69, 9.17) is 0 Å². The lowest BCUT2D eigenvalue weighted by Gasteiger charge is -2.17. The smallest absolute Gasteiger partial charge is 0.326 e. The third-order valence-electron chi connectivity index (χ3n) is 5.31. The molecule has 3 aromatic rings. The Kier molecular flexibility index (Phi) is 7.25. The summed E-state index contributed by atoms with van der Waals surface area (Å²) in [5.74, 6) is -0.823. The minimum Gasteiger partial charge on any atom is -0.326 e. The predicted octanol–water partition coefficient (Wildman–Crippen LogP) is 6.17. The van der Waals surface area contributed by atoms with Crippen LogP contribution in [0.2, 0.25) is 0 Å². The molecule has 0 aromatic heterocycles. The lowest BCUT2D eigenvalue weighted by molar-refractivity contribution is -0.137. The predicted molar refractivity (Wildman–Crippen MR) is 131 cm³/mol. The van der Waals surface area contributed by atoms with Crippen molar-refractivity contribution in [2.75, 3.05) is 5.32 Å². The van der Waals surface area contributed by atoms with Crippen LogP contribution < -0.4 is 5.32 Å². The van der Waals surface area contributed by atoms with E-state index in [0.29, 0.717) is 17.4 Å². The molecule has 1 atom stereocenters. The quantitative estimate of drug-likeness (QED) is 0.443. The van der Waals surface area contributed by atoms with Crippen LogP contribution in [0, 0.1) is 6.92 Å². The van der Waals surface area contributed by atoms with Gasteiger partial charge in [-0.05, 0) is 42.8 Å². The van der Waals surface area contributed by atoms with Crippen molar-refractivity contribution in [3.8, 4) is 0 Å². The summed E-state index contributed by atoms with van der Waals surface area (Å²) in [4.78, 5) is 32.0. The number of amides is 2. The van der Waals surface area contributed by atoms with Crippen molar-refractivity contribution in [2.45, 2.75) is 31.3 Å². The third kappa shape index (κ3) is 6.30. The first-order chi connectivity index (χ1) is 16.7. The van der Waals surface area contributed by atoms with Gasteiger partial charge in [0.2, 0.25) is 11.8 Å². The Morgan fingerprint density at radius 1 is 1.03 bits per heavy atom. The number of nitrogens with zero attached hydrogens (tertiary/aromatic N) is 2. The second-order valence-corrected chi connectivity index (χ2v) is 9.25. The van der Waals surface area contributed by atoms with Crippen molar-refractivity contribution in [3.63, 3.8) is 0 Å². The fourth-order valence-corrected chi connectivity index (χ4v) is 4.67. The van der Waals surface area contributed by atoms with Crippen molar-refractivity contribution in [1.82, 2.24) is 4.90 Å². The normalized spacial score (nSPS) is 17.1. The first-order valence-electron chi connectivity index (χ1n) is 10.8. The molecule has 180 valence electrons. The van der Waals surface area contributed by atoms with E-state index in [1.165, 1.54) is 23.9 Å². The van der Waals surface area contributed by atoms with Gasteiger partial charge in [0, 0.05) is 12.1 Å². The summed E-state index contributed by atoms with van der Waals surface area (Å²) in [5.41, 5.74) is 1.85. The molecule has 1 aliphatic rings. The number of carbonyl (C=O) groups excluding carboxylic acids is 2. The Balaban J connectivity index is 1.52. The Labute approximate surface area is 205 Å². The van der Waals surface area contributed by atoms with Crippen LogP contribution in [-0.4, -0.2) is 27.1 Å². The number of hydrogen-bond acceptors (Lipinski definition) is 4. The molecule has 0 saturated carbocycles. The van der Waals surface area contributed by atoms with Crippen molar-refractivity contribution in [2.24, 2.45) is 4.99 Å². The number of thioether (sulfide) groups is 1. The van der Waals surface area contributed by atoms with Gasteiger partial charge in [-0.15, -0.1) is 0 Å². The second-order valence-electron chi connectivity index (χ2n) is 8.08. The number of aryl methyl sites for hydroxylation is 1. The lowest BCUT2D eigenvalue weighted by Crippen LogP contribution is -2.33. The van der Waals surface area contributed by atoms with Crippen molar-refractivity contribution >= 4 is 40.1 Å². The van der Waals surface area contributed by atoms with Gasteiger partial charge in [-0.2, -0.15) is 13.2 Å². The highest BCUT2D eigenvalue weighted by molar-refractivity contribution is 8.15. The zero-order valence-corrected chi connectivity index (χ0v) is 19.6. The Hall–Kier alpha value is -3.59. The van der Waals surface area contributed by atoms with E-state index >= 15 is 0 Å². The van der Waals surface area contributed by atoms with Crippen LogP contribution in [0.1, 0.15) is 23.1 Å². The summed E-state index contributed by atoms with van der Waals surface area (Å²) in [7, 11) is 0. The van der Waals surface area contributed by atoms with E-state index in [9.17, 15) is 22.8 Å². The van der Waals surface area contributed by atoms with Gasteiger partial charge in [0.1, 0.15) is 5.25 Å². The van der Waals surface area contributed by atoms with E-state index in [2.05, 4.69) is 10.3 Å². The summed E-state index contributed by atoms with van der Waals surface area (Å²) in [6.07, 6.45) is -4.71. The number of hydrogen-bond donors (Lipinski definition) is 1. The Bertz CT molecular complexity index is 1240. The molecular weight excluding hydrogens is 475 g/mol. The molecule has 0 aliphatic carbocycles. The maximum Gasteiger partial charge on any atom is 0.416 e. The molecule has 1 N–H and O–H groups in total. The van der Waals surface area contributed by atoms with E-state index in [0.717, 1.165) is 23.3 Å². The molecule has 35 heavy (non-hydrogen) atoms. The average molecular weight is 498 g/mol. The van der Waals surface area contributed by atoms with E-state index in [1.807, 2.05) is 61.5 Å². The summed E-state index contributed by atoms with van der Waals surface area (Å²) in [6, 6.07) is 21.3. The molecule has 1 heterocycles. The van der Waals surface area contributed by atoms with Gasteiger partial charge >= 0.3 is 6.18 Å². The molecule has 0 unspecified atom stereocenters. The van der Waals surface area contributed by atoms with Crippen LogP contribution in [0.3, 0.4) is 0 Å². The zero-order valence-electron chi connectivity index (χ0n) is 18.8. The van der Waals surface area contributed by atoms with Crippen LogP contribution in [0.15, 0.2) is 83.9 Å². The van der Waals surface area contributed by atoms with Crippen LogP contribution in [0.4, 0.5) is 24.5 Å². The summed E-state index contributed by atoms with van der Waals surface area (Å²) >= 11 is 1.18. The standard InChI is InChI=1S/C26H22F3N3O2S/c1-17-10-12-18(13-11-17)16-32-24(34)22(35-25(32)31-20-7-3-2-4-8-20)15-23(33)30-21-9-5-6-19(14-21)26(27,28)29/h2-14,22H,15-16H2,1H3,(H,30,33)/t22-/m0/s1. The monoisotopic (exact) mass is 497 g/mol. The highest BCUT2D eigenvalue weighted by atomic mass is 32.2. The van der Waals surface area contributed by atoms with E-state index < -0.39 is 22.9 Å². The molecule has 0 spiro atoms. The fraction of sp³-hybridized carbons (Fsp3) is 0.192. The van der Waals surface area contributed by atoms with Crippen LogP contribution in [0.5, 0.6) is 0 Å². The van der Waals surface area contributed by atoms with Gasteiger partial charge in [0.05, 0.1) is 17.8 Å². The second kappa shape index (κ2) is 10.4. The van der Waals surface area contributed by atoms with Crippen LogP contribution in [-0.2, 0) is 22.3 Å². The minimum atomic E-state index is -4.52. The molecule has 4 rings (SSSR count). The molecule has 1 fully saturated rings. The highest BCUT2D eigenvalue weighted by Gasteiger charge is 2.39. The third-order valence-corrected chi connectivity index (χ3v) is 6.48. The topological polar surface area (TPSA) is 61.8 Å². The number of carbonyl (C=O) groups is 2. The molecule has 2 amide bonds. The number of rotatable bonds is 6. The summed E-state index contributed by atoms with van der Waals surface area (Å²) in [5, 5.41) is 2.20. The van der Waals surface area contributed by atoms with Crippen molar-refractivity contribution in [3.05, 3.63) is 95.6 Å². The van der Waals surface area contributed by atoms with Crippen molar-refractivity contribution in [1.29, 1.82) is 0 Å². The number of halogens is 3. The lowest BCUT2D eigenvalue weighted by atomic mass is 10.1. The first-order valence-corrected chi connectivity index (χ1v) is 11.7. The molecule has 0 bridgehead atoms. The zero-order chi connectivity index (χ0) is 25.0. The molecule has 1 aliphatic heterocycles. The van der Waals surface area contributed by atoms with Crippen LogP contribution in [0.25, 0.3) is 0 Å². The van der Waals surface area contributed by atoms with Gasteiger partial charge in [-0.3, -0.25) is 14.5 Å². The largest absolute Gasteiger partial charge is 0.416 e. The number of nitrogens with one attached hydrogen (secondary N) is 1. The van der Waals surface area contributed by atoms with Crippen LogP contribution >= 0.6 is 11.8 Å². The molecule has 3 aromatic carbocycles. The molecular formula is C26H22F3N3O2S. The van der Waals surface area contributed by atoms with Gasteiger partial charge < -0.3 is 5.32 Å². The first kappa shape index (κ1) is 24.5. The fourth-order valence-electron chi connectivity index (χ4n) is 3.51. The Morgan fingerprint density at radius 2 is 1.74 bits per heavy atom. The van der Waals surface area contributed by atoms with E-state index in [1.54, 1.807) is 4.90 Å². The van der Waals surface area contributed by atoms with Gasteiger partial charge in [0.25, 0.3) is 0 Å². The molecule has 5 nitrogen and oxygen atoms in total. The maximum absolute atomic E-state index is 13.2. The number of para-hydroxylation sites is 1. The summed E-state index contributed by atoms with van der Waals surface area (Å²) < 4.78 is 38.9. The average Bonchev–Trinajstić information content (AvgIpc) is 3.09. The number of benzene rings is 3. The maximum atomic E-state index is 13.2. The number of aliphatic imine (C=N–C) groups is 1. The minimum absolute atomic E-state index is 0.0231. The van der Waals surface area contributed by atoms with Gasteiger partial charge in [-0.25, -0.2) is 4.99 Å². The van der Waals surface area contributed by atoms with Crippen molar-refractivity contribution < 1.29 is 22.8 Å². The van der Waals surface area contributed by atoms with E-state index in [-0.39, 0.29) is 18.0 Å². The molecule has 0 radical (unpaired) electrons. The van der Waals surface area contributed by atoms with Gasteiger partial charge in [-0.1, -0.05) is 65.9 Å². The summed E-state index contributed by atoms with van der Waals surface area (Å²) in [6.45, 7) is 2.27.